The summed E-state index contributed by atoms with van der Waals surface area (Å²) in [4.78, 5) is 17.7. The summed E-state index contributed by atoms with van der Waals surface area (Å²) in [5, 5.41) is 28.5. The zero-order valence-corrected chi connectivity index (χ0v) is 26.4. The molecule has 4 fully saturated rings. The van der Waals surface area contributed by atoms with E-state index in [1.807, 2.05) is 19.1 Å². The van der Waals surface area contributed by atoms with Crippen LogP contribution in [-0.2, 0) is 11.2 Å². The molecule has 3 N–H and O–H groups in total. The van der Waals surface area contributed by atoms with E-state index in [0.29, 0.717) is 45.4 Å². The molecule has 2 bridgehead atoms. The average molecular weight is 653 g/mol. The number of nitriles is 1. The molecule has 11 heteroatoms. The monoisotopic (exact) mass is 651 g/mol. The van der Waals surface area contributed by atoms with Crippen molar-refractivity contribution in [2.75, 3.05) is 6.54 Å². The first-order valence-electron chi connectivity index (χ1n) is 15.5. The number of nitrogens with zero attached hydrogens (tertiary/aromatic N) is 3. The lowest BCUT2D eigenvalue weighted by molar-refractivity contribution is -0.139. The molecule has 4 aromatic rings. The fourth-order valence-corrected chi connectivity index (χ4v) is 7.88. The predicted molar refractivity (Wildman–Crippen MR) is 170 cm³/mol. The van der Waals surface area contributed by atoms with Crippen LogP contribution in [0.25, 0.3) is 32.9 Å². The number of fused-ring (bicyclic) bond motifs is 4. The van der Waals surface area contributed by atoms with Crippen LogP contribution in [0, 0.1) is 23.1 Å². The molecule has 5 atom stereocenters. The van der Waals surface area contributed by atoms with E-state index < -0.39 is 29.5 Å². The third-order valence-electron chi connectivity index (χ3n) is 10.0. The van der Waals surface area contributed by atoms with Gasteiger partial charge in [0.15, 0.2) is 11.5 Å². The van der Waals surface area contributed by atoms with Gasteiger partial charge in [0.25, 0.3) is 5.91 Å². The van der Waals surface area contributed by atoms with Gasteiger partial charge in [0, 0.05) is 46.6 Å². The summed E-state index contributed by atoms with van der Waals surface area (Å²) in [6, 6.07) is 10.6. The highest BCUT2D eigenvalue weighted by Gasteiger charge is 2.50. The summed E-state index contributed by atoms with van der Waals surface area (Å²) in [6.07, 6.45) is 1.44. The van der Waals surface area contributed by atoms with Gasteiger partial charge in [-0.1, -0.05) is 35.3 Å². The SMILES string of the molecule is CC(O)c1nc2c(F)c(-c3cccc(Cl)c3Cl)c(CCC#N)cc2c2c1cc(C(C)NC(=O)C1(F)CCC1)n2[C@H]1[C@H]2CN[C@@H]1C2. The lowest BCUT2D eigenvalue weighted by Crippen LogP contribution is -2.49. The van der Waals surface area contributed by atoms with Crippen LogP contribution in [0.15, 0.2) is 30.3 Å². The smallest absolute Gasteiger partial charge is 0.258 e. The molecular formula is C34H33Cl2F2N5O2. The molecular weight excluding hydrogens is 619 g/mol. The van der Waals surface area contributed by atoms with E-state index in [1.54, 1.807) is 25.1 Å². The minimum Gasteiger partial charge on any atom is -0.387 e. The highest BCUT2D eigenvalue weighted by Crippen LogP contribution is 2.50. The van der Waals surface area contributed by atoms with Crippen LogP contribution in [-0.4, -0.2) is 38.8 Å². The molecule has 2 saturated heterocycles. The number of halogens is 4. The van der Waals surface area contributed by atoms with Gasteiger partial charge in [-0.2, -0.15) is 5.26 Å². The first kappa shape index (κ1) is 30.4. The van der Waals surface area contributed by atoms with E-state index in [0.717, 1.165) is 18.7 Å². The van der Waals surface area contributed by atoms with Gasteiger partial charge in [0.2, 0.25) is 0 Å². The fraction of sp³-hybridized carbons (Fsp3) is 0.441. The minimum atomic E-state index is -1.86. The second-order valence-corrected chi connectivity index (χ2v) is 13.6. The summed E-state index contributed by atoms with van der Waals surface area (Å²) >= 11 is 12.9. The number of aromatic nitrogens is 2. The molecule has 234 valence electrons. The summed E-state index contributed by atoms with van der Waals surface area (Å²) in [7, 11) is 0. The van der Waals surface area contributed by atoms with Crippen molar-refractivity contribution < 1.29 is 18.7 Å². The lowest BCUT2D eigenvalue weighted by atomic mass is 9.79. The van der Waals surface area contributed by atoms with Crippen molar-refractivity contribution in [3.05, 3.63) is 63.1 Å². The van der Waals surface area contributed by atoms with Gasteiger partial charge in [0.05, 0.1) is 45.5 Å². The van der Waals surface area contributed by atoms with Crippen molar-refractivity contribution in [3.63, 3.8) is 0 Å². The number of nitrogens with one attached hydrogen (secondary N) is 2. The van der Waals surface area contributed by atoms with Crippen molar-refractivity contribution in [3.8, 4) is 17.2 Å². The number of pyridine rings is 1. The fourth-order valence-electron chi connectivity index (χ4n) is 7.48. The summed E-state index contributed by atoms with van der Waals surface area (Å²) in [5.74, 6) is -0.931. The van der Waals surface area contributed by atoms with E-state index >= 15 is 8.78 Å². The maximum Gasteiger partial charge on any atom is 0.258 e. The number of rotatable bonds is 8. The number of alkyl halides is 1. The molecule has 8 rings (SSSR count). The molecule has 2 aliphatic heterocycles. The second-order valence-electron chi connectivity index (χ2n) is 12.8. The van der Waals surface area contributed by atoms with Crippen molar-refractivity contribution in [1.82, 2.24) is 20.2 Å². The number of carbonyl (C=O) groups excluding carboxylic acids is 1. The Morgan fingerprint density at radius 3 is 2.69 bits per heavy atom. The normalized spacial score (nSPS) is 22.9. The second kappa shape index (κ2) is 11.2. The number of hydrogen-bond donors (Lipinski definition) is 3. The average Bonchev–Trinajstić information content (AvgIpc) is 3.72. The molecule has 2 unspecified atom stereocenters. The van der Waals surface area contributed by atoms with E-state index in [4.69, 9.17) is 28.2 Å². The van der Waals surface area contributed by atoms with Gasteiger partial charge in [-0.05, 0) is 75.6 Å². The number of aliphatic hydroxyl groups is 1. The number of benzene rings is 2. The van der Waals surface area contributed by atoms with Crippen LogP contribution in [0.4, 0.5) is 8.78 Å². The lowest BCUT2D eigenvalue weighted by Gasteiger charge is -2.39. The number of aliphatic hydroxyl groups excluding tert-OH is 1. The third kappa shape index (κ3) is 4.72. The Morgan fingerprint density at radius 1 is 1.29 bits per heavy atom. The summed E-state index contributed by atoms with van der Waals surface area (Å²) in [5.41, 5.74) is 1.10. The molecule has 2 aromatic heterocycles. The molecule has 1 amide bonds. The number of hydrogen-bond acceptors (Lipinski definition) is 5. The Labute approximate surface area is 269 Å². The van der Waals surface area contributed by atoms with E-state index in [2.05, 4.69) is 21.3 Å². The standard InChI is InChI=1S/C34H33Cl2F2N5O2/c1-16(41-33(45)34(38)9-5-10-34)25-14-22-29(17(2)44)42-30-21(32(22)43(25)31-19-13-24(31)40-15-19)12-18(6-4-11-39)26(28(30)37)20-7-3-8-23(35)27(20)36/h3,7-8,12,14,16-17,19,24,31,40,44H,4-6,9-10,13,15H2,1-2H3,(H,41,45)/t16?,17?,19-,24-,31+/m1/s1. The third-order valence-corrected chi connectivity index (χ3v) is 10.8. The van der Waals surface area contributed by atoms with Gasteiger partial charge in [-0.3, -0.25) is 4.79 Å². The topological polar surface area (TPSA) is 103 Å². The van der Waals surface area contributed by atoms with Crippen LogP contribution >= 0.6 is 23.2 Å². The Bertz CT molecular complexity index is 1900. The zero-order chi connectivity index (χ0) is 31.8. The highest BCUT2D eigenvalue weighted by molar-refractivity contribution is 6.43. The Morgan fingerprint density at radius 2 is 2.07 bits per heavy atom. The molecule has 7 nitrogen and oxygen atoms in total. The zero-order valence-electron chi connectivity index (χ0n) is 24.9. The van der Waals surface area contributed by atoms with Crippen LogP contribution in [0.3, 0.4) is 0 Å². The van der Waals surface area contributed by atoms with Gasteiger partial charge in [0.1, 0.15) is 5.52 Å². The van der Waals surface area contributed by atoms with Crippen molar-refractivity contribution in [1.29, 1.82) is 5.26 Å². The first-order chi connectivity index (χ1) is 21.5. The maximum absolute atomic E-state index is 17.0. The largest absolute Gasteiger partial charge is 0.387 e. The van der Waals surface area contributed by atoms with Crippen molar-refractivity contribution in [2.24, 2.45) is 5.92 Å². The van der Waals surface area contributed by atoms with Crippen molar-refractivity contribution in [2.45, 2.75) is 82.3 Å². The summed E-state index contributed by atoms with van der Waals surface area (Å²) < 4.78 is 34.2. The molecule has 4 aliphatic rings. The van der Waals surface area contributed by atoms with Gasteiger partial charge in [-0.25, -0.2) is 13.8 Å². The molecule has 0 spiro atoms. The van der Waals surface area contributed by atoms with E-state index in [9.17, 15) is 15.2 Å². The quantitative estimate of drug-likeness (QED) is 0.184. The summed E-state index contributed by atoms with van der Waals surface area (Å²) in [6.45, 7) is 4.24. The van der Waals surface area contributed by atoms with Gasteiger partial charge < -0.3 is 20.3 Å². The number of carbonyl (C=O) groups is 1. The maximum atomic E-state index is 17.0. The molecule has 4 heterocycles. The predicted octanol–water partition coefficient (Wildman–Crippen LogP) is 7.41. The van der Waals surface area contributed by atoms with Crippen LogP contribution in [0.1, 0.15) is 81.1 Å². The number of aryl methyl sites for hydroxylation is 1. The van der Waals surface area contributed by atoms with Crippen LogP contribution in [0.5, 0.6) is 0 Å². The molecule has 45 heavy (non-hydrogen) atoms. The van der Waals surface area contributed by atoms with Crippen molar-refractivity contribution >= 4 is 50.9 Å². The molecule has 2 aliphatic carbocycles. The molecule has 2 aromatic carbocycles. The Kier molecular flexibility index (Phi) is 7.56. The Hall–Kier alpha value is -3.29. The minimum absolute atomic E-state index is 0.0139. The molecule has 2 saturated carbocycles. The number of amides is 1. The van der Waals surface area contributed by atoms with Gasteiger partial charge >= 0.3 is 0 Å². The van der Waals surface area contributed by atoms with E-state index in [1.165, 1.54) is 0 Å². The van der Waals surface area contributed by atoms with Gasteiger partial charge in [-0.15, -0.1) is 0 Å². The van der Waals surface area contributed by atoms with Crippen LogP contribution < -0.4 is 10.6 Å². The first-order valence-corrected chi connectivity index (χ1v) is 16.2. The van der Waals surface area contributed by atoms with Crippen LogP contribution in [0.2, 0.25) is 10.0 Å². The van der Waals surface area contributed by atoms with E-state index in [-0.39, 0.29) is 58.9 Å². The highest BCUT2D eigenvalue weighted by atomic mass is 35.5. The Balaban J connectivity index is 1.52. The molecule has 0 radical (unpaired) electrons.